The van der Waals surface area contributed by atoms with Gasteiger partial charge in [0.15, 0.2) is 0 Å². The first kappa shape index (κ1) is 69.6. The summed E-state index contributed by atoms with van der Waals surface area (Å²) in [6.07, 6.45) is 2.29. The predicted octanol–water partition coefficient (Wildman–Crippen LogP) is 26.9. The topological polar surface area (TPSA) is 39.2 Å². The van der Waals surface area contributed by atoms with Gasteiger partial charge in [-0.15, -0.1) is 22.7 Å². The molecule has 0 saturated carbocycles. The molecule has 568 valence electrons. The maximum Gasteiger partial charge on any atom is 0.343 e. The number of thiophene rings is 2. The molecule has 6 nitrogen and oxygen atoms in total. The Morgan fingerprint density at radius 1 is 0.364 bits per heavy atom. The van der Waals surface area contributed by atoms with Crippen LogP contribution in [0.25, 0.3) is 120 Å². The molecule has 0 amide bonds. The quantitative estimate of drug-likeness (QED) is 0.159. The van der Waals surface area contributed by atoms with Crippen molar-refractivity contribution < 1.29 is 8.83 Å². The summed E-state index contributed by atoms with van der Waals surface area (Å²) < 4.78 is 20.4. The van der Waals surface area contributed by atoms with E-state index in [2.05, 4.69) is 369 Å². The van der Waals surface area contributed by atoms with Crippen molar-refractivity contribution in [2.24, 2.45) is 0 Å². The monoisotopic (exact) mass is 1590 g/mol. The highest BCUT2D eigenvalue weighted by Gasteiger charge is 2.55. The normalized spacial score (nSPS) is 16.0. The van der Waals surface area contributed by atoms with Gasteiger partial charge < -0.3 is 28.3 Å². The number of hydrogen-bond donors (Lipinski definition) is 0. The fraction of sp³-hybridized carbons (Fsp3) is 0.170. The first-order chi connectivity index (χ1) is 57.0. The van der Waals surface area contributed by atoms with Crippen LogP contribution in [0.5, 0.6) is 0 Å². The fourth-order valence-electron chi connectivity index (χ4n) is 21.9. The van der Waals surface area contributed by atoms with Gasteiger partial charge in [-0.25, -0.2) is 0 Å². The molecule has 0 fully saturated rings. The van der Waals surface area contributed by atoms with Gasteiger partial charge in [0.05, 0.1) is 28.4 Å². The van der Waals surface area contributed by atoms with Gasteiger partial charge in [0.2, 0.25) is 0 Å². The number of para-hydroxylation sites is 4. The molecule has 118 heavy (non-hydrogen) atoms. The Morgan fingerprint density at radius 2 is 0.924 bits per heavy atom. The van der Waals surface area contributed by atoms with Crippen molar-refractivity contribution in [1.82, 2.24) is 0 Å². The number of anilines is 10. The van der Waals surface area contributed by atoms with Crippen LogP contribution in [0.4, 0.5) is 56.9 Å². The number of fused-ring (bicyclic) bond motifs is 25. The zero-order valence-corrected chi connectivity index (χ0v) is 71.8. The van der Waals surface area contributed by atoms with Crippen molar-refractivity contribution in [1.29, 1.82) is 0 Å². The van der Waals surface area contributed by atoms with E-state index in [1.807, 2.05) is 34.4 Å². The molecule has 10 heterocycles. The van der Waals surface area contributed by atoms with Crippen LogP contribution in [0.2, 0.25) is 13.1 Å². The van der Waals surface area contributed by atoms with Gasteiger partial charge >= 0.3 is 13.7 Å². The summed E-state index contributed by atoms with van der Waals surface area (Å²) in [4.78, 5) is 13.5. The lowest BCUT2D eigenvalue weighted by Crippen LogP contribution is -2.68. The lowest BCUT2D eigenvalue weighted by Gasteiger charge is -2.50. The molecule has 6 aliphatic heterocycles. The van der Waals surface area contributed by atoms with Crippen molar-refractivity contribution in [3.63, 3.8) is 0 Å². The maximum atomic E-state index is 7.87. The second kappa shape index (κ2) is 23.9. The number of benzene rings is 14. The summed E-state index contributed by atoms with van der Waals surface area (Å²) in [5, 5.41) is 9.98. The van der Waals surface area contributed by atoms with E-state index >= 15 is 0 Å². The van der Waals surface area contributed by atoms with E-state index in [1.54, 1.807) is 0 Å². The highest BCUT2D eigenvalue weighted by molar-refractivity contribution is 7.99. The van der Waals surface area contributed by atoms with Crippen LogP contribution < -0.4 is 50.3 Å². The van der Waals surface area contributed by atoms with Crippen LogP contribution >= 0.6 is 34.4 Å². The molecule has 0 unspecified atom stereocenters. The van der Waals surface area contributed by atoms with Crippen molar-refractivity contribution in [3.05, 3.63) is 289 Å². The Morgan fingerprint density at radius 3 is 1.63 bits per heavy atom. The molecule has 0 saturated heterocycles. The third-order valence-electron chi connectivity index (χ3n) is 27.9. The SMILES string of the molecule is CC(C)(C)c1ccc(N2c3cc4c(oc5cc(-c6ccc7c(c6)[Si](C)(C)c6cccc8c6N7B6c7sc9ccccc9c7N(c7ccc(C(C)(C)C)cc7-c7ccccc7)c7cc9oc%10ccccc%10c9c-8c76)ccc54)c4c3B(c3sc5cc6c(cc5c32)C(C)(C)CCC6(C)C)N2c3ccccc3Sc3cccc-4c32)c(-c2ccccc2)c1. The summed E-state index contributed by atoms with van der Waals surface area (Å²) in [5.41, 5.74) is 35.9. The summed E-state index contributed by atoms with van der Waals surface area (Å²) in [6, 6.07) is 103. The van der Waals surface area contributed by atoms with Crippen molar-refractivity contribution in [2.45, 2.75) is 127 Å². The van der Waals surface area contributed by atoms with Gasteiger partial charge in [0.25, 0.3) is 0 Å². The molecule has 0 spiro atoms. The molecule has 7 aliphatic rings. The van der Waals surface area contributed by atoms with Crippen LogP contribution in [0, 0.1) is 0 Å². The van der Waals surface area contributed by atoms with Crippen LogP contribution in [0.3, 0.4) is 0 Å². The average Bonchev–Trinajstić information content (AvgIpc) is 1.57. The van der Waals surface area contributed by atoms with E-state index in [9.17, 15) is 0 Å². The number of rotatable bonds is 5. The lowest BCUT2D eigenvalue weighted by atomic mass is 9.46. The minimum absolute atomic E-state index is 0.00910. The summed E-state index contributed by atoms with van der Waals surface area (Å²) in [6.45, 7) is 28.8. The largest absolute Gasteiger partial charge is 0.456 e. The third-order valence-corrected chi connectivity index (χ3v) is 34.9. The highest BCUT2D eigenvalue weighted by atomic mass is 32.2. The lowest BCUT2D eigenvalue weighted by molar-refractivity contribution is 0.332. The number of nitrogens with zero attached hydrogens (tertiary/aromatic N) is 4. The summed E-state index contributed by atoms with van der Waals surface area (Å²) in [5.74, 6) is 0. The van der Waals surface area contributed by atoms with Crippen molar-refractivity contribution >= 4 is 208 Å². The summed E-state index contributed by atoms with van der Waals surface area (Å²) in [7, 11) is -2.58. The Kier molecular flexibility index (Phi) is 14.1. The Balaban J connectivity index is 0.715. The molecule has 25 rings (SSSR count). The molecule has 0 bridgehead atoms. The molecular weight excluding hydrogens is 1510 g/mol. The number of hydrogen-bond acceptors (Lipinski definition) is 9. The molecule has 0 atom stereocenters. The van der Waals surface area contributed by atoms with Gasteiger partial charge in [0, 0.05) is 123 Å². The van der Waals surface area contributed by atoms with Crippen molar-refractivity contribution in [2.75, 3.05) is 19.4 Å². The fourth-order valence-corrected chi connectivity index (χ4v) is 28.6. The van der Waals surface area contributed by atoms with Gasteiger partial charge in [-0.05, 0) is 197 Å². The van der Waals surface area contributed by atoms with Gasteiger partial charge in [-0.1, -0.05) is 264 Å². The van der Waals surface area contributed by atoms with Crippen molar-refractivity contribution in [3.8, 4) is 55.6 Å². The first-order valence-corrected chi connectivity index (χ1v) is 47.4. The van der Waals surface area contributed by atoms with E-state index in [0.29, 0.717) is 0 Å². The van der Waals surface area contributed by atoms with Gasteiger partial charge in [-0.3, -0.25) is 0 Å². The van der Waals surface area contributed by atoms with E-state index in [1.165, 1.54) is 184 Å². The van der Waals surface area contributed by atoms with E-state index in [4.69, 9.17) is 8.83 Å². The zero-order valence-electron chi connectivity index (χ0n) is 68.3. The summed E-state index contributed by atoms with van der Waals surface area (Å²) >= 11 is 5.87. The molecule has 1 aliphatic carbocycles. The molecule has 18 aromatic rings. The predicted molar refractivity (Wildman–Crippen MR) is 509 cm³/mol. The molecular formula is C106H84B2N4O2S3Si. The Hall–Kier alpha value is -11.5. The Bertz CT molecular complexity index is 7540. The number of furan rings is 2. The molecule has 12 heteroatoms. The standard InChI is InChI=1S/C106H84B2N4O2S3Si/c1-103(2,3)63-43-47-76(70(53-63)59-27-15-13-16-28-59)109-80-56-72-65-45-41-61(51-83(65)114-100(72)93-69-33-25-39-87-96(69)111(78-35-21-24-38-86(78)115-87)108(95(80)93)102-99(109)73-55-74-75(57-88(73)117-102)106(9,10)50-49-105(74,7)8)62-42-46-79-90(52-62)118(11,12)89-40-26-34-68-92-91-66-31-19-22-36-82(66)113-84(91)58-81-94(92)107(112(79)97(68)89)101-98(67-32-20-23-37-85(67)116-101)110(81)77-48-44-64(104(4,5)6)54-71(77)60-29-17-14-18-30-60/h13-48,51-58H,49-50H2,1-12H3. The zero-order chi connectivity index (χ0) is 79.4. The van der Waals surface area contributed by atoms with Crippen LogP contribution in [-0.4, -0.2) is 21.8 Å². The van der Waals surface area contributed by atoms with Gasteiger partial charge in [-0.2, -0.15) is 0 Å². The van der Waals surface area contributed by atoms with E-state index < -0.39 is 8.07 Å². The highest BCUT2D eigenvalue weighted by Crippen LogP contribution is 2.62. The van der Waals surface area contributed by atoms with E-state index in [-0.39, 0.29) is 35.4 Å². The second-order valence-electron chi connectivity index (χ2n) is 38.0. The van der Waals surface area contributed by atoms with Gasteiger partial charge in [0.1, 0.15) is 30.4 Å². The first-order valence-electron chi connectivity index (χ1n) is 42.0. The second-order valence-corrected chi connectivity index (χ2v) is 45.6. The van der Waals surface area contributed by atoms with Crippen LogP contribution in [0.15, 0.2) is 286 Å². The van der Waals surface area contributed by atoms with Crippen LogP contribution in [0.1, 0.15) is 104 Å². The smallest absolute Gasteiger partial charge is 0.343 e. The minimum atomic E-state index is -2.58. The molecule has 4 aromatic heterocycles. The van der Waals surface area contributed by atoms with E-state index in [0.717, 1.165) is 68.3 Å². The maximum absolute atomic E-state index is 7.87. The molecule has 0 N–H and O–H groups in total. The molecule has 0 radical (unpaired) electrons. The Labute approximate surface area is 702 Å². The average molecular weight is 1590 g/mol. The molecule has 14 aromatic carbocycles. The third kappa shape index (κ3) is 9.43. The minimum Gasteiger partial charge on any atom is -0.456 e. The van der Waals surface area contributed by atoms with Crippen LogP contribution in [-0.2, 0) is 21.7 Å².